The van der Waals surface area contributed by atoms with Gasteiger partial charge in [0.05, 0.1) is 12.4 Å². The molecule has 0 aliphatic heterocycles. The molecule has 0 bridgehead atoms. The maximum Gasteiger partial charge on any atom is 0.183 e. The Balaban J connectivity index is 0.00000124. The summed E-state index contributed by atoms with van der Waals surface area (Å²) in [4.78, 5) is 9.00. The molecule has 0 atom stereocenters. The van der Waals surface area contributed by atoms with Crippen molar-refractivity contribution in [3.05, 3.63) is 67.0 Å². The van der Waals surface area contributed by atoms with E-state index in [2.05, 4.69) is 40.6 Å². The second kappa shape index (κ2) is 9.73. The number of nitrogens with one attached hydrogen (secondary N) is 2. The van der Waals surface area contributed by atoms with Crippen molar-refractivity contribution in [3.63, 3.8) is 0 Å². The predicted octanol–water partition coefficient (Wildman–Crippen LogP) is 2.51. The third-order valence-corrected chi connectivity index (χ3v) is 3.94. The third kappa shape index (κ3) is 4.38. The summed E-state index contributed by atoms with van der Waals surface area (Å²) >= 11 is 0. The van der Waals surface area contributed by atoms with Crippen LogP contribution in [-0.2, 0) is 0 Å². The number of aromatic amines is 2. The highest BCUT2D eigenvalue weighted by Crippen LogP contribution is 2.24. The zero-order chi connectivity index (χ0) is 21.3. The Hall–Kier alpha value is -4.34. The molecule has 152 valence electrons. The van der Waals surface area contributed by atoms with Crippen molar-refractivity contribution >= 4 is 5.57 Å². The molecular formula is C20H22N10. The van der Waals surface area contributed by atoms with Crippen LogP contribution in [0, 0.1) is 0 Å². The molecule has 0 aliphatic rings. The standard InChI is InChI=1S/C18H16N10.C2H6/c19-6-4-13(9-20)17-23-15(25-27-17)11-2-1-3-12(8-11)16-24-18(28-26-16)14-5-7-21-22-10-14;1-2/h1-10H,19-20H2,(H,23,25,27)(H,24,26,28);1-2H3/b6-4-,13-9+;. The van der Waals surface area contributed by atoms with E-state index in [0.717, 1.165) is 16.7 Å². The molecule has 0 saturated heterocycles. The van der Waals surface area contributed by atoms with Crippen LogP contribution in [0.25, 0.3) is 39.7 Å². The molecule has 10 nitrogen and oxygen atoms in total. The summed E-state index contributed by atoms with van der Waals surface area (Å²) in [6.45, 7) is 4.00. The van der Waals surface area contributed by atoms with Gasteiger partial charge >= 0.3 is 0 Å². The Bertz CT molecular complexity index is 1140. The zero-order valence-electron chi connectivity index (χ0n) is 16.6. The molecule has 3 aromatic heterocycles. The largest absolute Gasteiger partial charge is 0.405 e. The van der Waals surface area contributed by atoms with Crippen molar-refractivity contribution in [2.75, 3.05) is 0 Å². The lowest BCUT2D eigenvalue weighted by Gasteiger charge is -2.00. The van der Waals surface area contributed by atoms with Crippen molar-refractivity contribution in [1.82, 2.24) is 40.6 Å². The van der Waals surface area contributed by atoms with Crippen LogP contribution in [0.1, 0.15) is 19.7 Å². The first kappa shape index (κ1) is 20.4. The molecule has 0 spiro atoms. The van der Waals surface area contributed by atoms with Gasteiger partial charge in [-0.25, -0.2) is 9.97 Å². The SMILES string of the molecule is CC.N/C=C\C(=C/N)c1n[nH]c(-c2cccc(-c3nc(-c4ccnnc4)n[nH]3)c2)n1. The van der Waals surface area contributed by atoms with Gasteiger partial charge in [0.25, 0.3) is 0 Å². The monoisotopic (exact) mass is 402 g/mol. The number of nitrogens with two attached hydrogens (primary N) is 2. The number of allylic oxidation sites excluding steroid dienone is 2. The van der Waals surface area contributed by atoms with E-state index in [1.165, 1.54) is 12.4 Å². The molecule has 0 radical (unpaired) electrons. The second-order valence-corrected chi connectivity index (χ2v) is 5.71. The lowest BCUT2D eigenvalue weighted by molar-refractivity contribution is 1.02. The van der Waals surface area contributed by atoms with Gasteiger partial charge in [0.2, 0.25) is 0 Å². The Morgan fingerprint density at radius 1 is 0.900 bits per heavy atom. The molecule has 0 amide bonds. The fraction of sp³-hybridized carbons (Fsp3) is 0.100. The maximum atomic E-state index is 5.60. The lowest BCUT2D eigenvalue weighted by Crippen LogP contribution is -1.91. The molecule has 30 heavy (non-hydrogen) atoms. The van der Waals surface area contributed by atoms with Gasteiger partial charge in [0, 0.05) is 28.5 Å². The van der Waals surface area contributed by atoms with E-state index >= 15 is 0 Å². The van der Waals surface area contributed by atoms with Gasteiger partial charge in [0.1, 0.15) is 0 Å². The van der Waals surface area contributed by atoms with Gasteiger partial charge in [-0.05, 0) is 24.4 Å². The minimum atomic E-state index is 0.455. The molecule has 10 heteroatoms. The number of nitrogens with zero attached hydrogens (tertiary/aromatic N) is 6. The van der Waals surface area contributed by atoms with Crippen molar-refractivity contribution in [2.24, 2.45) is 11.5 Å². The van der Waals surface area contributed by atoms with E-state index in [0.29, 0.717) is 28.9 Å². The van der Waals surface area contributed by atoms with Crippen LogP contribution in [0.4, 0.5) is 0 Å². The fourth-order valence-electron chi connectivity index (χ4n) is 2.59. The molecular weight excluding hydrogens is 380 g/mol. The summed E-state index contributed by atoms with van der Waals surface area (Å²) in [5.41, 5.74) is 14.1. The van der Waals surface area contributed by atoms with Crippen LogP contribution in [0.2, 0.25) is 0 Å². The Morgan fingerprint density at radius 3 is 2.30 bits per heavy atom. The average Bonchev–Trinajstić information content (AvgIpc) is 3.50. The lowest BCUT2D eigenvalue weighted by atomic mass is 10.1. The first-order chi connectivity index (χ1) is 14.8. The molecule has 0 unspecified atom stereocenters. The van der Waals surface area contributed by atoms with E-state index in [1.807, 2.05) is 38.1 Å². The number of aromatic nitrogens is 8. The normalized spacial score (nSPS) is 11.3. The van der Waals surface area contributed by atoms with Crippen LogP contribution in [0.15, 0.2) is 61.2 Å². The zero-order valence-corrected chi connectivity index (χ0v) is 16.6. The van der Waals surface area contributed by atoms with Crippen molar-refractivity contribution in [3.8, 4) is 34.2 Å². The number of benzene rings is 1. The molecule has 6 N–H and O–H groups in total. The highest BCUT2D eigenvalue weighted by atomic mass is 15.2. The molecule has 3 heterocycles. The Labute approximate surface area is 173 Å². The van der Waals surface area contributed by atoms with Crippen LogP contribution < -0.4 is 11.5 Å². The van der Waals surface area contributed by atoms with E-state index in [4.69, 9.17) is 11.5 Å². The Kier molecular flexibility index (Phi) is 6.62. The number of H-pyrrole nitrogens is 2. The number of rotatable bonds is 5. The van der Waals surface area contributed by atoms with Crippen molar-refractivity contribution < 1.29 is 0 Å². The smallest absolute Gasteiger partial charge is 0.183 e. The first-order valence-corrected chi connectivity index (χ1v) is 9.31. The van der Waals surface area contributed by atoms with Gasteiger partial charge in [-0.3, -0.25) is 10.2 Å². The van der Waals surface area contributed by atoms with E-state index in [1.54, 1.807) is 24.5 Å². The molecule has 1 aromatic carbocycles. The van der Waals surface area contributed by atoms with Gasteiger partial charge in [-0.2, -0.15) is 20.4 Å². The fourth-order valence-corrected chi connectivity index (χ4v) is 2.59. The van der Waals surface area contributed by atoms with Crippen LogP contribution in [0.5, 0.6) is 0 Å². The summed E-state index contributed by atoms with van der Waals surface area (Å²) in [5, 5.41) is 21.9. The molecule has 4 rings (SSSR count). The predicted molar refractivity (Wildman–Crippen MR) is 115 cm³/mol. The van der Waals surface area contributed by atoms with Crippen LogP contribution in [-0.4, -0.2) is 40.6 Å². The quantitative estimate of drug-likeness (QED) is 0.370. The van der Waals surface area contributed by atoms with Crippen LogP contribution >= 0.6 is 0 Å². The summed E-state index contributed by atoms with van der Waals surface area (Å²) in [6, 6.07) is 9.48. The average molecular weight is 402 g/mol. The van der Waals surface area contributed by atoms with E-state index in [-0.39, 0.29) is 0 Å². The molecule has 0 saturated carbocycles. The number of hydrogen-bond acceptors (Lipinski definition) is 8. The second-order valence-electron chi connectivity index (χ2n) is 5.71. The van der Waals surface area contributed by atoms with E-state index in [9.17, 15) is 0 Å². The summed E-state index contributed by atoms with van der Waals surface area (Å²) in [5.74, 6) is 2.22. The van der Waals surface area contributed by atoms with Crippen molar-refractivity contribution in [1.29, 1.82) is 0 Å². The summed E-state index contributed by atoms with van der Waals surface area (Å²) < 4.78 is 0. The van der Waals surface area contributed by atoms with Gasteiger partial charge in [-0.1, -0.05) is 32.0 Å². The summed E-state index contributed by atoms with van der Waals surface area (Å²) in [7, 11) is 0. The maximum absolute atomic E-state index is 5.60. The molecule has 0 aliphatic carbocycles. The summed E-state index contributed by atoms with van der Waals surface area (Å²) in [6.07, 6.45) is 7.62. The minimum absolute atomic E-state index is 0.455. The van der Waals surface area contributed by atoms with Gasteiger partial charge in [0.15, 0.2) is 23.3 Å². The van der Waals surface area contributed by atoms with E-state index < -0.39 is 0 Å². The third-order valence-electron chi connectivity index (χ3n) is 3.94. The number of hydrogen-bond donors (Lipinski definition) is 4. The highest BCUT2D eigenvalue weighted by molar-refractivity contribution is 5.71. The first-order valence-electron chi connectivity index (χ1n) is 9.31. The minimum Gasteiger partial charge on any atom is -0.405 e. The van der Waals surface area contributed by atoms with Crippen LogP contribution in [0.3, 0.4) is 0 Å². The topological polar surface area (TPSA) is 161 Å². The Morgan fingerprint density at radius 2 is 1.63 bits per heavy atom. The molecule has 0 fully saturated rings. The van der Waals surface area contributed by atoms with Crippen molar-refractivity contribution in [2.45, 2.75) is 13.8 Å². The molecule has 4 aromatic rings. The highest BCUT2D eigenvalue weighted by Gasteiger charge is 2.12. The van der Waals surface area contributed by atoms with Gasteiger partial charge < -0.3 is 11.5 Å². The van der Waals surface area contributed by atoms with Gasteiger partial charge in [-0.15, -0.1) is 0 Å².